The molecule has 5 nitrogen and oxygen atoms in total. The summed E-state index contributed by atoms with van der Waals surface area (Å²) in [7, 11) is 1.82. The van der Waals surface area contributed by atoms with Gasteiger partial charge in [-0.1, -0.05) is 6.42 Å². The number of fused-ring (bicyclic) bond motifs is 1. The minimum atomic E-state index is 0.0226. The van der Waals surface area contributed by atoms with Crippen LogP contribution in [0.1, 0.15) is 41.7 Å². The summed E-state index contributed by atoms with van der Waals surface area (Å²) in [5.41, 5.74) is 1.55. The van der Waals surface area contributed by atoms with E-state index in [1.54, 1.807) is 0 Å². The lowest BCUT2D eigenvalue weighted by Gasteiger charge is -2.32. The Labute approximate surface area is 126 Å². The first-order valence-corrected chi connectivity index (χ1v) is 7.89. The Balaban J connectivity index is 1.70. The van der Waals surface area contributed by atoms with Crippen molar-refractivity contribution < 1.29 is 4.79 Å². The summed E-state index contributed by atoms with van der Waals surface area (Å²) in [5.74, 6) is 0.764. The van der Waals surface area contributed by atoms with Crippen molar-refractivity contribution in [3.05, 3.63) is 23.4 Å². The molecule has 0 spiro atoms. The van der Waals surface area contributed by atoms with Crippen LogP contribution in [0.2, 0.25) is 0 Å². The van der Waals surface area contributed by atoms with Gasteiger partial charge >= 0.3 is 0 Å². The molecule has 3 rings (SSSR count). The Bertz CT molecular complexity index is 531. The molecule has 21 heavy (non-hydrogen) atoms. The molecule has 2 N–H and O–H groups in total. The van der Waals surface area contributed by atoms with E-state index in [2.05, 4.69) is 20.5 Å². The third kappa shape index (κ3) is 3.02. The second kappa shape index (κ2) is 6.02. The van der Waals surface area contributed by atoms with Crippen molar-refractivity contribution in [2.45, 2.75) is 44.7 Å². The first-order valence-electron chi connectivity index (χ1n) is 7.89. The number of rotatable bonds is 3. The van der Waals surface area contributed by atoms with Gasteiger partial charge in [-0.2, -0.15) is 0 Å². The fourth-order valence-corrected chi connectivity index (χ4v) is 3.60. The molecule has 0 aromatic carbocycles. The fourth-order valence-electron chi connectivity index (χ4n) is 3.60. The van der Waals surface area contributed by atoms with Crippen molar-refractivity contribution in [3.8, 4) is 0 Å². The lowest BCUT2D eigenvalue weighted by Crippen LogP contribution is -2.46. The summed E-state index contributed by atoms with van der Waals surface area (Å²) in [6.45, 7) is 4.22. The SMILES string of the molecule is CNc1cc(C(=O)NC2CCN3CCCCC23)cc(C)n1. The number of pyridine rings is 1. The van der Waals surface area contributed by atoms with E-state index in [1.165, 1.54) is 25.8 Å². The van der Waals surface area contributed by atoms with E-state index in [0.29, 0.717) is 17.6 Å². The van der Waals surface area contributed by atoms with E-state index in [4.69, 9.17) is 0 Å². The number of nitrogens with one attached hydrogen (secondary N) is 2. The Morgan fingerprint density at radius 3 is 2.95 bits per heavy atom. The summed E-state index contributed by atoms with van der Waals surface area (Å²) < 4.78 is 0. The van der Waals surface area contributed by atoms with Gasteiger partial charge in [0.25, 0.3) is 5.91 Å². The van der Waals surface area contributed by atoms with E-state index in [0.717, 1.165) is 24.5 Å². The normalized spacial score (nSPS) is 25.4. The average Bonchev–Trinajstić information content (AvgIpc) is 2.90. The number of aryl methyl sites for hydroxylation is 1. The monoisotopic (exact) mass is 288 g/mol. The Morgan fingerprint density at radius 1 is 1.29 bits per heavy atom. The number of anilines is 1. The molecule has 1 aromatic heterocycles. The van der Waals surface area contributed by atoms with Crippen molar-refractivity contribution in [2.75, 3.05) is 25.5 Å². The first kappa shape index (κ1) is 14.3. The highest BCUT2D eigenvalue weighted by molar-refractivity contribution is 5.95. The highest BCUT2D eigenvalue weighted by Gasteiger charge is 2.36. The number of carbonyl (C=O) groups is 1. The number of hydrogen-bond donors (Lipinski definition) is 2. The zero-order chi connectivity index (χ0) is 14.8. The largest absolute Gasteiger partial charge is 0.373 e. The number of aromatic nitrogens is 1. The van der Waals surface area contributed by atoms with Gasteiger partial charge in [-0.3, -0.25) is 9.69 Å². The maximum atomic E-state index is 12.5. The molecule has 3 heterocycles. The van der Waals surface area contributed by atoms with E-state index in [9.17, 15) is 4.79 Å². The molecule has 2 fully saturated rings. The van der Waals surface area contributed by atoms with Gasteiger partial charge in [-0.25, -0.2) is 4.98 Å². The van der Waals surface area contributed by atoms with Gasteiger partial charge in [0.1, 0.15) is 5.82 Å². The van der Waals surface area contributed by atoms with Crippen molar-refractivity contribution >= 4 is 11.7 Å². The quantitative estimate of drug-likeness (QED) is 0.890. The minimum Gasteiger partial charge on any atom is -0.373 e. The maximum Gasteiger partial charge on any atom is 0.251 e. The van der Waals surface area contributed by atoms with Crippen LogP contribution >= 0.6 is 0 Å². The van der Waals surface area contributed by atoms with Gasteiger partial charge in [0.2, 0.25) is 0 Å². The summed E-state index contributed by atoms with van der Waals surface area (Å²) in [6.07, 6.45) is 4.86. The summed E-state index contributed by atoms with van der Waals surface area (Å²) >= 11 is 0. The molecule has 2 saturated heterocycles. The lowest BCUT2D eigenvalue weighted by molar-refractivity contribution is 0.0915. The third-order valence-electron chi connectivity index (χ3n) is 4.64. The van der Waals surface area contributed by atoms with Gasteiger partial charge in [0, 0.05) is 36.9 Å². The Kier molecular flexibility index (Phi) is 4.10. The third-order valence-corrected chi connectivity index (χ3v) is 4.64. The molecule has 0 aliphatic carbocycles. The zero-order valence-electron chi connectivity index (χ0n) is 12.9. The first-order chi connectivity index (χ1) is 10.2. The van der Waals surface area contributed by atoms with E-state index < -0.39 is 0 Å². The number of amides is 1. The summed E-state index contributed by atoms with van der Waals surface area (Å²) in [4.78, 5) is 19.4. The Hall–Kier alpha value is -1.62. The van der Waals surface area contributed by atoms with Gasteiger partial charge in [0.05, 0.1) is 0 Å². The standard InChI is InChI=1S/C16H24N4O/c1-11-9-12(10-15(17-2)18-11)16(21)19-13-6-8-20-7-4-3-5-14(13)20/h9-10,13-14H,3-8H2,1-2H3,(H,17,18)(H,19,21). The van der Waals surface area contributed by atoms with Crippen LogP contribution in [0.5, 0.6) is 0 Å². The molecule has 1 aromatic rings. The van der Waals surface area contributed by atoms with E-state index in [-0.39, 0.29) is 5.91 Å². The maximum absolute atomic E-state index is 12.5. The van der Waals surface area contributed by atoms with E-state index >= 15 is 0 Å². The molecule has 1 amide bonds. The van der Waals surface area contributed by atoms with Crippen LogP contribution in [0.25, 0.3) is 0 Å². The van der Waals surface area contributed by atoms with Crippen LogP contribution in [0.15, 0.2) is 12.1 Å². The molecule has 5 heteroatoms. The molecule has 2 atom stereocenters. The van der Waals surface area contributed by atoms with Crippen LogP contribution < -0.4 is 10.6 Å². The van der Waals surface area contributed by atoms with Gasteiger partial charge in [-0.15, -0.1) is 0 Å². The molecular weight excluding hydrogens is 264 g/mol. The van der Waals surface area contributed by atoms with Gasteiger partial charge < -0.3 is 10.6 Å². The second-order valence-corrected chi connectivity index (χ2v) is 6.10. The smallest absolute Gasteiger partial charge is 0.251 e. The molecule has 2 aliphatic heterocycles. The number of nitrogens with zero attached hydrogens (tertiary/aromatic N) is 2. The van der Waals surface area contributed by atoms with Crippen molar-refractivity contribution in [1.29, 1.82) is 0 Å². The predicted molar refractivity (Wildman–Crippen MR) is 83.6 cm³/mol. The second-order valence-electron chi connectivity index (χ2n) is 6.10. The van der Waals surface area contributed by atoms with Crippen LogP contribution in [0, 0.1) is 6.92 Å². The average molecular weight is 288 g/mol. The summed E-state index contributed by atoms with van der Waals surface area (Å²) in [6, 6.07) is 4.50. The molecule has 114 valence electrons. The number of hydrogen-bond acceptors (Lipinski definition) is 4. The minimum absolute atomic E-state index is 0.0226. The molecule has 0 bridgehead atoms. The van der Waals surface area contributed by atoms with Crippen molar-refractivity contribution in [2.24, 2.45) is 0 Å². The highest BCUT2D eigenvalue weighted by Crippen LogP contribution is 2.27. The summed E-state index contributed by atoms with van der Waals surface area (Å²) in [5, 5.41) is 6.24. The zero-order valence-corrected chi connectivity index (χ0v) is 12.9. The molecule has 2 aliphatic rings. The highest BCUT2D eigenvalue weighted by atomic mass is 16.1. The molecule has 0 radical (unpaired) electrons. The molecular formula is C16H24N4O. The van der Waals surface area contributed by atoms with Gasteiger partial charge in [-0.05, 0) is 44.9 Å². The fraction of sp³-hybridized carbons (Fsp3) is 0.625. The van der Waals surface area contributed by atoms with Crippen LogP contribution in [-0.2, 0) is 0 Å². The van der Waals surface area contributed by atoms with Crippen LogP contribution in [0.4, 0.5) is 5.82 Å². The predicted octanol–water partition coefficient (Wildman–Crippen LogP) is 1.79. The Morgan fingerprint density at radius 2 is 2.14 bits per heavy atom. The molecule has 0 saturated carbocycles. The molecule has 2 unspecified atom stereocenters. The van der Waals surface area contributed by atoms with Crippen LogP contribution in [-0.4, -0.2) is 48.0 Å². The lowest BCUT2D eigenvalue weighted by atomic mass is 9.99. The number of piperidine rings is 1. The number of carbonyl (C=O) groups excluding carboxylic acids is 1. The van der Waals surface area contributed by atoms with Gasteiger partial charge in [0.15, 0.2) is 0 Å². The van der Waals surface area contributed by atoms with Crippen molar-refractivity contribution in [1.82, 2.24) is 15.2 Å². The van der Waals surface area contributed by atoms with Crippen LogP contribution in [0.3, 0.4) is 0 Å². The van der Waals surface area contributed by atoms with E-state index in [1.807, 2.05) is 26.1 Å². The van der Waals surface area contributed by atoms with Crippen molar-refractivity contribution in [3.63, 3.8) is 0 Å². The topological polar surface area (TPSA) is 57.3 Å².